The molecule has 0 bridgehead atoms. The van der Waals surface area contributed by atoms with Crippen molar-refractivity contribution in [2.24, 2.45) is 5.92 Å². The van der Waals surface area contributed by atoms with E-state index in [2.05, 4.69) is 5.32 Å². The van der Waals surface area contributed by atoms with Crippen LogP contribution in [0.1, 0.15) is 19.8 Å². The molecule has 0 radical (unpaired) electrons. The lowest BCUT2D eigenvalue weighted by atomic mass is 10.2. The number of carbonyl (C=O) groups excluding carboxylic acids is 1. The van der Waals surface area contributed by atoms with Crippen molar-refractivity contribution >= 4 is 11.8 Å². The zero-order chi connectivity index (χ0) is 14.4. The summed E-state index contributed by atoms with van der Waals surface area (Å²) in [4.78, 5) is 13.8. The number of nitrogens with zero attached hydrogens (tertiary/aromatic N) is 1. The zero-order valence-corrected chi connectivity index (χ0v) is 12.0. The molecule has 1 aliphatic carbocycles. The molecule has 0 aromatic rings. The molecule has 20 heavy (non-hydrogen) atoms. The minimum absolute atomic E-state index is 0.218. The molecule has 0 spiro atoms. The van der Waals surface area contributed by atoms with Gasteiger partial charge in [-0.3, -0.25) is 5.41 Å². The number of carbonyl (C=O) groups is 1. The smallest absolute Gasteiger partial charge is 0.343 e. The van der Waals surface area contributed by atoms with Crippen LogP contribution in [0.5, 0.6) is 0 Å². The average Bonchev–Trinajstić information content (AvgIpc) is 3.28. The molecule has 1 aliphatic heterocycles. The molecule has 0 amide bonds. The number of rotatable bonds is 6. The Balaban J connectivity index is 1.98. The molecule has 1 saturated carbocycles. The van der Waals surface area contributed by atoms with Crippen LogP contribution in [0.25, 0.3) is 0 Å². The minimum atomic E-state index is -0.438. The van der Waals surface area contributed by atoms with E-state index < -0.39 is 5.97 Å². The number of hydrogen-bond acceptors (Lipinski definition) is 5. The van der Waals surface area contributed by atoms with Gasteiger partial charge < -0.3 is 19.7 Å². The van der Waals surface area contributed by atoms with Crippen LogP contribution in [0.15, 0.2) is 11.8 Å². The predicted octanol–water partition coefficient (Wildman–Crippen LogP) is 0.742. The summed E-state index contributed by atoms with van der Waals surface area (Å²) in [6.07, 6.45) is 4.13. The van der Waals surface area contributed by atoms with E-state index >= 15 is 0 Å². The van der Waals surface area contributed by atoms with Crippen LogP contribution in [-0.4, -0.2) is 56.2 Å². The van der Waals surface area contributed by atoms with Crippen LogP contribution in [0.2, 0.25) is 0 Å². The molecule has 1 heterocycles. The van der Waals surface area contributed by atoms with Crippen molar-refractivity contribution in [2.75, 3.05) is 39.5 Å². The van der Waals surface area contributed by atoms with Crippen molar-refractivity contribution in [3.63, 3.8) is 0 Å². The van der Waals surface area contributed by atoms with Crippen molar-refractivity contribution in [3.8, 4) is 0 Å². The highest BCUT2D eigenvalue weighted by Crippen LogP contribution is 2.27. The highest BCUT2D eigenvalue weighted by molar-refractivity contribution is 6.17. The Morgan fingerprint density at radius 2 is 2.15 bits per heavy atom. The van der Waals surface area contributed by atoms with Gasteiger partial charge in [0.1, 0.15) is 11.4 Å². The van der Waals surface area contributed by atoms with Crippen molar-refractivity contribution in [3.05, 3.63) is 11.8 Å². The second-order valence-electron chi connectivity index (χ2n) is 5.08. The third kappa shape index (κ3) is 4.23. The van der Waals surface area contributed by atoms with E-state index in [1.165, 1.54) is 12.8 Å². The molecule has 2 aliphatic rings. The Hall–Kier alpha value is -1.56. The van der Waals surface area contributed by atoms with Gasteiger partial charge >= 0.3 is 5.97 Å². The molecular formula is C14H23N3O3. The van der Waals surface area contributed by atoms with Gasteiger partial charge in [0.25, 0.3) is 0 Å². The molecule has 2 rings (SSSR count). The lowest BCUT2D eigenvalue weighted by molar-refractivity contribution is -0.138. The van der Waals surface area contributed by atoms with Crippen LogP contribution in [-0.2, 0) is 14.3 Å². The fourth-order valence-corrected chi connectivity index (χ4v) is 2.04. The lowest BCUT2D eigenvalue weighted by Gasteiger charge is -2.29. The molecule has 6 heteroatoms. The molecule has 6 nitrogen and oxygen atoms in total. The van der Waals surface area contributed by atoms with Gasteiger partial charge in [0, 0.05) is 25.8 Å². The summed E-state index contributed by atoms with van der Waals surface area (Å²) in [5, 5.41) is 11.4. The normalized spacial score (nSPS) is 19.6. The van der Waals surface area contributed by atoms with Crippen LogP contribution in [0, 0.1) is 11.3 Å². The molecule has 0 unspecified atom stereocenters. The third-order valence-corrected chi connectivity index (χ3v) is 3.43. The van der Waals surface area contributed by atoms with E-state index in [-0.39, 0.29) is 5.84 Å². The molecule has 112 valence electrons. The first-order valence-corrected chi connectivity index (χ1v) is 7.24. The highest BCUT2D eigenvalue weighted by Gasteiger charge is 2.24. The molecular weight excluding hydrogens is 258 g/mol. The van der Waals surface area contributed by atoms with E-state index in [1.807, 2.05) is 4.90 Å². The second kappa shape index (κ2) is 7.28. The first kappa shape index (κ1) is 14.8. The molecule has 2 fully saturated rings. The zero-order valence-electron chi connectivity index (χ0n) is 12.0. The number of esters is 1. The molecule has 1 saturated heterocycles. The van der Waals surface area contributed by atoms with Gasteiger partial charge in [-0.1, -0.05) is 0 Å². The Kier molecular flexibility index (Phi) is 5.40. The van der Waals surface area contributed by atoms with E-state index in [9.17, 15) is 4.79 Å². The molecule has 0 aromatic carbocycles. The summed E-state index contributed by atoms with van der Waals surface area (Å²) in [6, 6.07) is 0. The highest BCUT2D eigenvalue weighted by atomic mass is 16.5. The predicted molar refractivity (Wildman–Crippen MR) is 75.6 cm³/mol. The second-order valence-corrected chi connectivity index (χ2v) is 5.08. The largest absolute Gasteiger partial charge is 0.462 e. The Bertz CT molecular complexity index is 385. The fourth-order valence-electron chi connectivity index (χ4n) is 2.04. The number of amidine groups is 1. The van der Waals surface area contributed by atoms with Crippen molar-refractivity contribution in [2.45, 2.75) is 19.8 Å². The van der Waals surface area contributed by atoms with Crippen LogP contribution < -0.4 is 5.32 Å². The quantitative estimate of drug-likeness (QED) is 0.325. The first-order chi connectivity index (χ1) is 9.72. The van der Waals surface area contributed by atoms with Gasteiger partial charge in [-0.05, 0) is 25.7 Å². The average molecular weight is 281 g/mol. The molecule has 0 aromatic heterocycles. The van der Waals surface area contributed by atoms with Gasteiger partial charge in [-0.25, -0.2) is 4.79 Å². The van der Waals surface area contributed by atoms with Crippen molar-refractivity contribution < 1.29 is 14.3 Å². The van der Waals surface area contributed by atoms with Gasteiger partial charge in [0.15, 0.2) is 0 Å². The maximum Gasteiger partial charge on any atom is 0.343 e. The van der Waals surface area contributed by atoms with Crippen LogP contribution >= 0.6 is 0 Å². The monoisotopic (exact) mass is 281 g/mol. The summed E-state index contributed by atoms with van der Waals surface area (Å²) < 4.78 is 10.3. The Morgan fingerprint density at radius 3 is 2.75 bits per heavy atom. The molecule has 2 N–H and O–H groups in total. The van der Waals surface area contributed by atoms with Gasteiger partial charge in [-0.15, -0.1) is 0 Å². The van der Waals surface area contributed by atoms with Gasteiger partial charge in [0.05, 0.1) is 19.8 Å². The lowest BCUT2D eigenvalue weighted by Crippen LogP contribution is -2.42. The summed E-state index contributed by atoms with van der Waals surface area (Å²) in [6.45, 7) is 5.40. The number of hydrogen-bond donors (Lipinski definition) is 2. The maximum absolute atomic E-state index is 12.0. The summed E-state index contributed by atoms with van der Waals surface area (Å²) in [7, 11) is 0. The van der Waals surface area contributed by atoms with Gasteiger partial charge in [-0.2, -0.15) is 0 Å². The number of nitrogens with one attached hydrogen (secondary N) is 2. The maximum atomic E-state index is 12.0. The van der Waals surface area contributed by atoms with Gasteiger partial charge in [0.2, 0.25) is 0 Å². The summed E-state index contributed by atoms with van der Waals surface area (Å²) in [5.74, 6) is 0.495. The van der Waals surface area contributed by atoms with E-state index in [0.717, 1.165) is 6.54 Å². The summed E-state index contributed by atoms with van der Waals surface area (Å²) >= 11 is 0. The third-order valence-electron chi connectivity index (χ3n) is 3.43. The topological polar surface area (TPSA) is 74.7 Å². The fraction of sp³-hybridized carbons (Fsp3) is 0.714. The Labute approximate surface area is 119 Å². The minimum Gasteiger partial charge on any atom is -0.462 e. The SMILES string of the molecule is CCOC(=O)/C(=C/NCC1CC1)C(=N)N1CCOCC1. The van der Waals surface area contributed by atoms with Crippen molar-refractivity contribution in [1.29, 1.82) is 5.41 Å². The van der Waals surface area contributed by atoms with Crippen molar-refractivity contribution in [1.82, 2.24) is 10.2 Å². The van der Waals surface area contributed by atoms with E-state index in [4.69, 9.17) is 14.9 Å². The van der Waals surface area contributed by atoms with Crippen LogP contribution in [0.3, 0.4) is 0 Å². The first-order valence-electron chi connectivity index (χ1n) is 7.24. The standard InChI is InChI=1S/C14H23N3O3/c1-2-20-14(18)12(10-16-9-11-3-4-11)13(15)17-5-7-19-8-6-17/h10-11,15-16H,2-9H2,1H3/b12-10+,15-13?. The van der Waals surface area contributed by atoms with Crippen LogP contribution in [0.4, 0.5) is 0 Å². The Morgan fingerprint density at radius 1 is 1.45 bits per heavy atom. The van der Waals surface area contributed by atoms with E-state index in [0.29, 0.717) is 44.4 Å². The summed E-state index contributed by atoms with van der Waals surface area (Å²) in [5.41, 5.74) is 0.300. The number of morpholine rings is 1. The number of ether oxygens (including phenoxy) is 2. The molecule has 0 atom stereocenters. The van der Waals surface area contributed by atoms with E-state index in [1.54, 1.807) is 13.1 Å².